The standard InChI is InChI=1S/C4H7BrO2.Br/c1-4(2,5)3(6)7;/h1-2H3,(H,6,7);/q;+1/p-1. The molecule has 8 heavy (non-hydrogen) atoms. The Morgan fingerprint density at radius 3 is 1.75 bits per heavy atom. The zero-order valence-electron chi connectivity index (χ0n) is 4.57. The summed E-state index contributed by atoms with van der Waals surface area (Å²) < 4.78 is -0.882. The van der Waals surface area contributed by atoms with Crippen molar-refractivity contribution in [1.82, 2.24) is 0 Å². The largest absolute Gasteiger partial charge is 1.00 e. The van der Waals surface area contributed by atoms with Gasteiger partial charge in [-0.05, 0) is 13.8 Å². The zero-order chi connectivity index (χ0) is 6.08. The second-order valence-corrected chi connectivity index (χ2v) is 3.74. The monoisotopic (exact) mass is 244 g/mol. The van der Waals surface area contributed by atoms with Crippen LogP contribution in [0.2, 0.25) is 0 Å². The third-order valence-electron chi connectivity index (χ3n) is 0.485. The first-order valence-electron chi connectivity index (χ1n) is 1.85. The molecule has 2 nitrogen and oxygen atoms in total. The van der Waals surface area contributed by atoms with Crippen molar-refractivity contribution in [3.8, 4) is 0 Å². The minimum Gasteiger partial charge on any atom is -0.549 e. The molecule has 0 aromatic heterocycles. The van der Waals surface area contributed by atoms with Gasteiger partial charge in [0.1, 0.15) is 0 Å². The number of carboxylic acid groups (broad SMARTS) is 1. The molecule has 0 aliphatic carbocycles. The van der Waals surface area contributed by atoms with Crippen LogP contribution in [-0.4, -0.2) is 10.3 Å². The van der Waals surface area contributed by atoms with Crippen molar-refractivity contribution in [3.63, 3.8) is 0 Å². The van der Waals surface area contributed by atoms with Gasteiger partial charge in [0.2, 0.25) is 0 Å². The predicted octanol–water partition coefficient (Wildman–Crippen LogP) is -0.0902. The fourth-order valence-electron chi connectivity index (χ4n) is 0. The Balaban J connectivity index is 0. The number of carbonyl (C=O) groups is 1. The molecule has 0 bridgehead atoms. The lowest BCUT2D eigenvalue weighted by molar-refractivity contribution is -0.307. The van der Waals surface area contributed by atoms with Crippen molar-refractivity contribution in [3.05, 3.63) is 0 Å². The molecule has 0 saturated heterocycles. The fraction of sp³-hybridized carbons (Fsp3) is 0.750. The maximum atomic E-state index is 9.86. The number of carboxylic acids is 1. The molecular weight excluding hydrogens is 240 g/mol. The lowest BCUT2D eigenvalue weighted by Gasteiger charge is -2.15. The molecule has 0 heterocycles. The highest BCUT2D eigenvalue weighted by Crippen LogP contribution is 2.12. The SMILES string of the molecule is CC(C)(Br)C(=O)[O-].[Br+]. The van der Waals surface area contributed by atoms with E-state index in [1.165, 1.54) is 13.8 Å². The summed E-state index contributed by atoms with van der Waals surface area (Å²) in [5, 5.41) is 9.86. The average molecular weight is 246 g/mol. The van der Waals surface area contributed by atoms with Gasteiger partial charge in [-0.2, -0.15) is 0 Å². The summed E-state index contributed by atoms with van der Waals surface area (Å²) >= 11 is 2.88. The highest BCUT2D eigenvalue weighted by Gasteiger charge is 2.12. The van der Waals surface area contributed by atoms with Crippen LogP contribution in [0.3, 0.4) is 0 Å². The third kappa shape index (κ3) is 4.59. The van der Waals surface area contributed by atoms with Gasteiger partial charge in [-0.1, -0.05) is 15.9 Å². The van der Waals surface area contributed by atoms with Gasteiger partial charge in [-0.3, -0.25) is 0 Å². The molecule has 0 rings (SSSR count). The summed E-state index contributed by atoms with van der Waals surface area (Å²) in [4.78, 5) is 9.86. The highest BCUT2D eigenvalue weighted by molar-refractivity contribution is 9.10. The molecule has 0 spiro atoms. The van der Waals surface area contributed by atoms with Gasteiger partial charge in [-0.25, -0.2) is 0 Å². The summed E-state index contributed by atoms with van der Waals surface area (Å²) in [5.41, 5.74) is 0. The molecule has 0 unspecified atom stereocenters. The second kappa shape index (κ2) is 3.45. The minimum atomic E-state index is -1.09. The first-order valence-corrected chi connectivity index (χ1v) is 2.64. The van der Waals surface area contributed by atoms with Crippen LogP contribution in [0.4, 0.5) is 0 Å². The summed E-state index contributed by atoms with van der Waals surface area (Å²) in [5.74, 6) is -1.09. The maximum Gasteiger partial charge on any atom is 1.00 e. The Hall–Kier alpha value is 0.430. The highest BCUT2D eigenvalue weighted by atomic mass is 79.9. The van der Waals surface area contributed by atoms with Crippen molar-refractivity contribution in [2.45, 2.75) is 18.2 Å². The number of alkyl halides is 1. The van der Waals surface area contributed by atoms with Gasteiger partial charge in [0.15, 0.2) is 0 Å². The number of hydrogen-bond acceptors (Lipinski definition) is 2. The van der Waals surface area contributed by atoms with Crippen LogP contribution in [0, 0.1) is 17.0 Å². The number of rotatable bonds is 1. The van der Waals surface area contributed by atoms with Crippen molar-refractivity contribution in [2.75, 3.05) is 0 Å². The van der Waals surface area contributed by atoms with Crippen LogP contribution >= 0.6 is 15.9 Å². The van der Waals surface area contributed by atoms with E-state index in [1.54, 1.807) is 0 Å². The molecule has 0 aromatic carbocycles. The van der Waals surface area contributed by atoms with Crippen molar-refractivity contribution in [1.29, 1.82) is 0 Å². The van der Waals surface area contributed by atoms with E-state index in [-0.39, 0.29) is 17.0 Å². The molecule has 0 aliphatic heterocycles. The Labute approximate surface area is 67.2 Å². The van der Waals surface area contributed by atoms with E-state index in [9.17, 15) is 9.90 Å². The third-order valence-corrected chi connectivity index (χ3v) is 0.809. The van der Waals surface area contributed by atoms with Crippen LogP contribution in [0.5, 0.6) is 0 Å². The van der Waals surface area contributed by atoms with Crippen molar-refractivity contribution in [2.24, 2.45) is 0 Å². The van der Waals surface area contributed by atoms with Crippen LogP contribution in [0.15, 0.2) is 0 Å². The molecule has 0 fully saturated rings. The van der Waals surface area contributed by atoms with Gasteiger partial charge in [0.05, 0.1) is 10.3 Å². The van der Waals surface area contributed by atoms with Crippen LogP contribution in [-0.2, 0) is 4.79 Å². The van der Waals surface area contributed by atoms with E-state index in [4.69, 9.17) is 0 Å². The number of carbonyl (C=O) groups excluding carboxylic acids is 1. The molecule has 0 aliphatic rings. The number of halogens is 2. The summed E-state index contributed by atoms with van der Waals surface area (Å²) in [6.45, 7) is 3.03. The van der Waals surface area contributed by atoms with Crippen LogP contribution in [0.25, 0.3) is 0 Å². The van der Waals surface area contributed by atoms with E-state index in [2.05, 4.69) is 15.9 Å². The van der Waals surface area contributed by atoms with Gasteiger partial charge < -0.3 is 9.90 Å². The van der Waals surface area contributed by atoms with Gasteiger partial charge in [-0.15, -0.1) is 0 Å². The second-order valence-electron chi connectivity index (χ2n) is 1.76. The van der Waals surface area contributed by atoms with Crippen LogP contribution in [0.1, 0.15) is 13.8 Å². The normalized spacial score (nSPS) is 9.88. The Bertz CT molecular complexity index is 84.5. The zero-order valence-corrected chi connectivity index (χ0v) is 7.74. The number of aliphatic carboxylic acids is 1. The summed E-state index contributed by atoms with van der Waals surface area (Å²) in [6.07, 6.45) is 0. The Morgan fingerprint density at radius 2 is 1.75 bits per heavy atom. The Morgan fingerprint density at radius 1 is 1.62 bits per heavy atom. The lowest BCUT2D eigenvalue weighted by Crippen LogP contribution is -2.38. The number of hydrogen-bond donors (Lipinski definition) is 0. The van der Waals surface area contributed by atoms with E-state index >= 15 is 0 Å². The first kappa shape index (κ1) is 11.3. The molecule has 4 heteroatoms. The summed E-state index contributed by atoms with van der Waals surface area (Å²) in [7, 11) is 0. The van der Waals surface area contributed by atoms with E-state index in [1.807, 2.05) is 0 Å². The quantitative estimate of drug-likeness (QED) is 0.606. The smallest absolute Gasteiger partial charge is 0.549 e. The molecule has 0 atom stereocenters. The first-order chi connectivity index (χ1) is 2.94. The van der Waals surface area contributed by atoms with Gasteiger partial charge in [0, 0.05) is 0 Å². The minimum absolute atomic E-state index is 0. The summed E-state index contributed by atoms with van der Waals surface area (Å²) in [6, 6.07) is 0. The molecule has 0 aromatic rings. The van der Waals surface area contributed by atoms with E-state index in [0.29, 0.717) is 0 Å². The van der Waals surface area contributed by atoms with Gasteiger partial charge >= 0.3 is 17.0 Å². The average Bonchev–Trinajstić information content (AvgIpc) is 1.31. The van der Waals surface area contributed by atoms with Crippen LogP contribution < -0.4 is 5.11 Å². The molecule has 2 radical (unpaired) electrons. The Kier molecular flexibility index (Phi) is 4.86. The predicted molar refractivity (Wildman–Crippen MR) is 28.0 cm³/mol. The molecule has 0 amide bonds. The van der Waals surface area contributed by atoms with Crippen molar-refractivity contribution >= 4 is 21.9 Å². The topological polar surface area (TPSA) is 40.1 Å². The molecule has 0 saturated carbocycles. The maximum absolute atomic E-state index is 9.86. The van der Waals surface area contributed by atoms with E-state index in [0.717, 1.165) is 0 Å². The molecule has 48 valence electrons. The van der Waals surface area contributed by atoms with E-state index < -0.39 is 10.3 Å². The molecule has 0 N–H and O–H groups in total. The molecular formula is C4H6Br2O2. The van der Waals surface area contributed by atoms with Gasteiger partial charge in [0.25, 0.3) is 0 Å². The lowest BCUT2D eigenvalue weighted by atomic mass is 10.2. The fourth-order valence-corrected chi connectivity index (χ4v) is 0. The van der Waals surface area contributed by atoms with Crippen molar-refractivity contribution < 1.29 is 26.9 Å².